The molecule has 0 aliphatic heterocycles. The van der Waals surface area contributed by atoms with E-state index in [2.05, 4.69) is 10.3 Å². The average Bonchev–Trinajstić information content (AvgIpc) is 2.88. The number of nitrogens with zero attached hydrogens (tertiary/aromatic N) is 3. The normalized spacial score (nSPS) is 10.4. The summed E-state index contributed by atoms with van der Waals surface area (Å²) in [6.45, 7) is 2.01. The molecule has 0 saturated heterocycles. The molecule has 0 atom stereocenters. The number of hydrogen-bond donors (Lipinski definition) is 1. The van der Waals surface area contributed by atoms with Gasteiger partial charge in [-0.05, 0) is 17.7 Å². The number of aryl methyl sites for hydroxylation is 1. The lowest BCUT2D eigenvalue weighted by atomic mass is 10.2. The van der Waals surface area contributed by atoms with Crippen molar-refractivity contribution >= 4 is 0 Å². The molecule has 0 aliphatic carbocycles. The highest BCUT2D eigenvalue weighted by Crippen LogP contribution is 2.12. The molecule has 0 bridgehead atoms. The maximum absolute atomic E-state index is 5.63. The summed E-state index contributed by atoms with van der Waals surface area (Å²) in [6.07, 6.45) is 4.41. The molecular formula is C12H16N4O. The van der Waals surface area contributed by atoms with Gasteiger partial charge in [-0.1, -0.05) is 17.3 Å². The number of nitrogens with two attached hydrogens (primary N) is 1. The summed E-state index contributed by atoms with van der Waals surface area (Å²) in [4.78, 5) is 0. The van der Waals surface area contributed by atoms with Gasteiger partial charge >= 0.3 is 0 Å². The molecule has 2 aromatic rings. The van der Waals surface area contributed by atoms with Crippen LogP contribution in [-0.4, -0.2) is 21.6 Å². The minimum atomic E-state index is 0.538. The highest BCUT2D eigenvalue weighted by molar-refractivity contribution is 5.28. The first kappa shape index (κ1) is 11.6. The van der Waals surface area contributed by atoms with E-state index in [1.165, 1.54) is 0 Å². The molecule has 5 nitrogen and oxygen atoms in total. The lowest BCUT2D eigenvalue weighted by molar-refractivity contribution is 0.297. The zero-order chi connectivity index (χ0) is 11.9. The molecule has 1 aromatic heterocycles. The molecule has 1 aromatic carbocycles. The Labute approximate surface area is 100 Å². The largest absolute Gasteiger partial charge is 0.494 e. The highest BCUT2D eigenvalue weighted by atomic mass is 16.5. The predicted octanol–water partition coefficient (Wildman–Crippen LogP) is 1.21. The van der Waals surface area contributed by atoms with Crippen molar-refractivity contribution in [1.82, 2.24) is 15.0 Å². The van der Waals surface area contributed by atoms with Crippen LogP contribution in [-0.2, 0) is 13.1 Å². The zero-order valence-electron chi connectivity index (χ0n) is 9.62. The smallest absolute Gasteiger partial charge is 0.119 e. The number of aromatic nitrogens is 3. The van der Waals surface area contributed by atoms with Crippen molar-refractivity contribution in [3.8, 4) is 5.75 Å². The van der Waals surface area contributed by atoms with E-state index in [9.17, 15) is 0 Å². The molecule has 0 fully saturated rings. The monoisotopic (exact) mass is 232 g/mol. The van der Waals surface area contributed by atoms with E-state index < -0.39 is 0 Å². The Morgan fingerprint density at radius 1 is 1.35 bits per heavy atom. The van der Waals surface area contributed by atoms with E-state index in [0.717, 1.165) is 24.3 Å². The summed E-state index contributed by atoms with van der Waals surface area (Å²) in [5, 5.41) is 7.62. The molecule has 0 unspecified atom stereocenters. The maximum Gasteiger partial charge on any atom is 0.119 e. The van der Waals surface area contributed by atoms with E-state index in [4.69, 9.17) is 10.5 Å². The van der Waals surface area contributed by atoms with Crippen LogP contribution in [0.25, 0.3) is 0 Å². The van der Waals surface area contributed by atoms with Gasteiger partial charge < -0.3 is 10.5 Å². The summed E-state index contributed by atoms with van der Waals surface area (Å²) in [7, 11) is 0. The van der Waals surface area contributed by atoms with Crippen LogP contribution in [0.1, 0.15) is 12.0 Å². The molecule has 0 aliphatic rings. The van der Waals surface area contributed by atoms with Crippen LogP contribution in [0.15, 0.2) is 36.7 Å². The maximum atomic E-state index is 5.63. The second-order valence-corrected chi connectivity index (χ2v) is 3.72. The van der Waals surface area contributed by atoms with Crippen LogP contribution in [0.3, 0.4) is 0 Å². The highest BCUT2D eigenvalue weighted by Gasteiger charge is 1.96. The van der Waals surface area contributed by atoms with Gasteiger partial charge in [0.25, 0.3) is 0 Å². The van der Waals surface area contributed by atoms with Crippen molar-refractivity contribution in [1.29, 1.82) is 0 Å². The van der Waals surface area contributed by atoms with Gasteiger partial charge in [-0.3, -0.25) is 4.68 Å². The second kappa shape index (κ2) is 6.00. The molecule has 5 heteroatoms. The molecule has 2 rings (SSSR count). The van der Waals surface area contributed by atoms with Crippen molar-refractivity contribution in [2.24, 2.45) is 5.73 Å². The van der Waals surface area contributed by atoms with Gasteiger partial charge in [0.1, 0.15) is 5.75 Å². The third-order valence-electron chi connectivity index (χ3n) is 2.41. The Morgan fingerprint density at radius 3 is 3.06 bits per heavy atom. The summed E-state index contributed by atoms with van der Waals surface area (Å²) < 4.78 is 7.42. The van der Waals surface area contributed by atoms with Gasteiger partial charge in [0.2, 0.25) is 0 Å². The zero-order valence-corrected chi connectivity index (χ0v) is 9.62. The fourth-order valence-corrected chi connectivity index (χ4v) is 1.53. The topological polar surface area (TPSA) is 66.0 Å². The van der Waals surface area contributed by atoms with Crippen molar-refractivity contribution in [2.45, 2.75) is 19.5 Å². The van der Waals surface area contributed by atoms with Gasteiger partial charge in [0.15, 0.2) is 0 Å². The first-order valence-electron chi connectivity index (χ1n) is 5.64. The lowest BCUT2D eigenvalue weighted by Crippen LogP contribution is -2.05. The Balaban J connectivity index is 1.74. The van der Waals surface area contributed by atoms with Crippen LogP contribution in [0.5, 0.6) is 5.75 Å². The first-order chi connectivity index (χ1) is 8.38. The second-order valence-electron chi connectivity index (χ2n) is 3.72. The summed E-state index contributed by atoms with van der Waals surface area (Å²) in [6, 6.07) is 7.85. The van der Waals surface area contributed by atoms with E-state index in [1.54, 1.807) is 10.9 Å². The molecule has 2 N–H and O–H groups in total. The first-order valence-corrected chi connectivity index (χ1v) is 5.64. The number of benzene rings is 1. The van der Waals surface area contributed by atoms with Crippen LogP contribution in [0.4, 0.5) is 0 Å². The number of hydrogen-bond acceptors (Lipinski definition) is 4. The van der Waals surface area contributed by atoms with E-state index in [0.29, 0.717) is 13.2 Å². The standard InChI is InChI=1S/C12H16N4O/c13-10-11-3-1-4-12(9-11)17-8-2-6-16-7-5-14-15-16/h1,3-5,7,9H,2,6,8,10,13H2. The van der Waals surface area contributed by atoms with Crippen LogP contribution in [0.2, 0.25) is 0 Å². The summed E-state index contributed by atoms with van der Waals surface area (Å²) in [5.74, 6) is 0.867. The van der Waals surface area contributed by atoms with E-state index >= 15 is 0 Å². The van der Waals surface area contributed by atoms with Crippen LogP contribution in [0, 0.1) is 0 Å². The fourth-order valence-electron chi connectivity index (χ4n) is 1.53. The average molecular weight is 232 g/mol. The van der Waals surface area contributed by atoms with Gasteiger partial charge in [0.05, 0.1) is 12.8 Å². The molecule has 0 radical (unpaired) electrons. The third-order valence-corrected chi connectivity index (χ3v) is 2.41. The minimum absolute atomic E-state index is 0.538. The van der Waals surface area contributed by atoms with Gasteiger partial charge in [-0.2, -0.15) is 0 Å². The predicted molar refractivity (Wildman–Crippen MR) is 64.5 cm³/mol. The van der Waals surface area contributed by atoms with Gasteiger partial charge in [0, 0.05) is 25.7 Å². The van der Waals surface area contributed by atoms with Crippen LogP contribution < -0.4 is 10.5 Å². The molecule has 0 saturated carbocycles. The van der Waals surface area contributed by atoms with Gasteiger partial charge in [-0.15, -0.1) is 5.10 Å². The molecule has 17 heavy (non-hydrogen) atoms. The van der Waals surface area contributed by atoms with Crippen molar-refractivity contribution in [3.05, 3.63) is 42.2 Å². The minimum Gasteiger partial charge on any atom is -0.494 e. The third kappa shape index (κ3) is 3.57. The molecule has 0 amide bonds. The molecule has 90 valence electrons. The molecule has 1 heterocycles. The quantitative estimate of drug-likeness (QED) is 0.760. The Hall–Kier alpha value is -1.88. The fraction of sp³-hybridized carbons (Fsp3) is 0.333. The SMILES string of the molecule is NCc1cccc(OCCCn2ccnn2)c1. The van der Waals surface area contributed by atoms with Crippen LogP contribution >= 0.6 is 0 Å². The molecule has 0 spiro atoms. The molecular weight excluding hydrogens is 216 g/mol. The Morgan fingerprint density at radius 2 is 2.29 bits per heavy atom. The lowest BCUT2D eigenvalue weighted by Gasteiger charge is -2.07. The number of ether oxygens (including phenoxy) is 1. The van der Waals surface area contributed by atoms with Crippen molar-refractivity contribution in [3.63, 3.8) is 0 Å². The van der Waals surface area contributed by atoms with Gasteiger partial charge in [-0.25, -0.2) is 0 Å². The van der Waals surface area contributed by atoms with E-state index in [-0.39, 0.29) is 0 Å². The summed E-state index contributed by atoms with van der Waals surface area (Å²) in [5.41, 5.74) is 6.65. The van der Waals surface area contributed by atoms with E-state index in [1.807, 2.05) is 30.5 Å². The van der Waals surface area contributed by atoms with Crippen molar-refractivity contribution in [2.75, 3.05) is 6.61 Å². The van der Waals surface area contributed by atoms with Crippen molar-refractivity contribution < 1.29 is 4.74 Å². The summed E-state index contributed by atoms with van der Waals surface area (Å²) >= 11 is 0. The Kier molecular flexibility index (Phi) is 4.10. The Bertz CT molecular complexity index is 442. The number of rotatable bonds is 6.